The molecule has 194 valence electrons. The van der Waals surface area contributed by atoms with Gasteiger partial charge >= 0.3 is 0 Å². The topological polar surface area (TPSA) is 75.7 Å². The SMILES string of the molecule is O=C(NS(=O)(=O)C1CC1)c1cc(C2CC2)c(OCC2CCCN(Cc3ccc(F)cc3Cl)C2)cc1F. The van der Waals surface area contributed by atoms with Gasteiger partial charge < -0.3 is 4.74 Å². The number of carbonyl (C=O) groups is 1. The van der Waals surface area contributed by atoms with Crippen LogP contribution in [0.4, 0.5) is 8.78 Å². The monoisotopic (exact) mass is 538 g/mol. The number of amides is 1. The molecular formula is C26H29ClF2N2O4S. The number of hydrogen-bond donors (Lipinski definition) is 1. The van der Waals surface area contributed by atoms with Crippen molar-refractivity contribution < 1.29 is 26.7 Å². The predicted molar refractivity (Wildman–Crippen MR) is 133 cm³/mol. The molecule has 6 nitrogen and oxygen atoms in total. The van der Waals surface area contributed by atoms with Gasteiger partial charge in [-0.15, -0.1) is 0 Å². The molecule has 2 aliphatic carbocycles. The molecule has 1 N–H and O–H groups in total. The Balaban J connectivity index is 1.24. The summed E-state index contributed by atoms with van der Waals surface area (Å²) in [6, 6.07) is 7.09. The first-order valence-corrected chi connectivity index (χ1v) is 14.3. The molecule has 1 saturated heterocycles. The Bertz CT molecular complexity index is 1260. The number of nitrogens with zero attached hydrogens (tertiary/aromatic N) is 1. The van der Waals surface area contributed by atoms with Gasteiger partial charge in [-0.25, -0.2) is 21.9 Å². The molecule has 5 rings (SSSR count). The number of rotatable bonds is 9. The number of nitrogens with one attached hydrogen (secondary N) is 1. The maximum absolute atomic E-state index is 14.9. The summed E-state index contributed by atoms with van der Waals surface area (Å²) in [6.45, 7) is 2.69. The molecule has 10 heteroatoms. The van der Waals surface area contributed by atoms with Crippen LogP contribution in [0, 0.1) is 17.6 Å². The van der Waals surface area contributed by atoms with Gasteiger partial charge in [0.15, 0.2) is 0 Å². The Hall–Kier alpha value is -2.23. The van der Waals surface area contributed by atoms with E-state index >= 15 is 0 Å². The molecule has 36 heavy (non-hydrogen) atoms. The molecule has 1 heterocycles. The predicted octanol–water partition coefficient (Wildman–Crippen LogP) is 5.01. The molecule has 3 aliphatic rings. The van der Waals surface area contributed by atoms with Crippen LogP contribution in [-0.4, -0.2) is 44.2 Å². The maximum Gasteiger partial charge on any atom is 0.267 e. The Morgan fingerprint density at radius 3 is 2.58 bits per heavy atom. The summed E-state index contributed by atoms with van der Waals surface area (Å²) >= 11 is 6.19. The van der Waals surface area contributed by atoms with Crippen LogP contribution in [0.15, 0.2) is 30.3 Å². The van der Waals surface area contributed by atoms with Gasteiger partial charge in [-0.05, 0) is 80.3 Å². The van der Waals surface area contributed by atoms with Gasteiger partial charge in [0.05, 0.1) is 17.4 Å². The minimum atomic E-state index is -3.77. The van der Waals surface area contributed by atoms with Crippen molar-refractivity contribution in [1.82, 2.24) is 9.62 Å². The largest absolute Gasteiger partial charge is 0.493 e. The van der Waals surface area contributed by atoms with E-state index in [1.165, 1.54) is 24.3 Å². The van der Waals surface area contributed by atoms with E-state index in [-0.39, 0.29) is 23.2 Å². The summed E-state index contributed by atoms with van der Waals surface area (Å²) in [7, 11) is -3.77. The molecule has 2 saturated carbocycles. The Kier molecular flexibility index (Phi) is 7.25. The molecular weight excluding hydrogens is 510 g/mol. The van der Waals surface area contributed by atoms with E-state index in [0.717, 1.165) is 49.9 Å². The van der Waals surface area contributed by atoms with Crippen molar-refractivity contribution in [2.45, 2.75) is 56.2 Å². The third kappa shape index (κ3) is 6.01. The van der Waals surface area contributed by atoms with Gasteiger partial charge in [0.1, 0.15) is 17.4 Å². The van der Waals surface area contributed by atoms with Gasteiger partial charge in [-0.3, -0.25) is 9.69 Å². The lowest BCUT2D eigenvalue weighted by Crippen LogP contribution is -2.37. The first-order chi connectivity index (χ1) is 17.2. The fraction of sp³-hybridized carbons (Fsp3) is 0.500. The molecule has 0 aromatic heterocycles. The molecule has 2 aromatic carbocycles. The molecule has 1 aliphatic heterocycles. The number of carbonyl (C=O) groups excluding carboxylic acids is 1. The van der Waals surface area contributed by atoms with Crippen molar-refractivity contribution in [3.63, 3.8) is 0 Å². The van der Waals surface area contributed by atoms with Crippen LogP contribution in [0.3, 0.4) is 0 Å². The summed E-state index contributed by atoms with van der Waals surface area (Å²) in [4.78, 5) is 14.8. The van der Waals surface area contributed by atoms with E-state index in [9.17, 15) is 22.0 Å². The van der Waals surface area contributed by atoms with E-state index < -0.39 is 27.0 Å². The van der Waals surface area contributed by atoms with Crippen LogP contribution in [0.5, 0.6) is 5.75 Å². The third-order valence-electron chi connectivity index (χ3n) is 7.05. The standard InChI is InChI=1S/C26H29ClF2N2O4S/c27-23-10-19(28)6-5-18(23)14-31-9-1-2-16(13-31)15-35-25-12-24(29)22(11-21(25)17-3-4-17)26(32)30-36(33,34)20-7-8-20/h5-6,10-12,16-17,20H,1-4,7-9,13-15H2,(H,30,32). The first-order valence-electron chi connectivity index (χ1n) is 12.4. The summed E-state index contributed by atoms with van der Waals surface area (Å²) in [5.74, 6) is -1.28. The number of hydrogen-bond acceptors (Lipinski definition) is 5. The molecule has 0 bridgehead atoms. The lowest BCUT2D eigenvalue weighted by molar-refractivity contribution is 0.0977. The molecule has 0 radical (unpaired) electrons. The summed E-state index contributed by atoms with van der Waals surface area (Å²) in [6.07, 6.45) is 4.80. The van der Waals surface area contributed by atoms with Gasteiger partial charge in [-0.1, -0.05) is 17.7 Å². The quantitative estimate of drug-likeness (QED) is 0.486. The average molecular weight is 539 g/mol. The second-order valence-corrected chi connectivity index (χ2v) is 12.5. The van der Waals surface area contributed by atoms with Crippen LogP contribution in [0.25, 0.3) is 0 Å². The number of likely N-dealkylation sites (tertiary alicyclic amines) is 1. The van der Waals surface area contributed by atoms with Crippen LogP contribution < -0.4 is 9.46 Å². The van der Waals surface area contributed by atoms with Crippen LogP contribution in [-0.2, 0) is 16.6 Å². The highest BCUT2D eigenvalue weighted by Crippen LogP contribution is 2.45. The van der Waals surface area contributed by atoms with Crippen LogP contribution in [0.2, 0.25) is 5.02 Å². The Morgan fingerprint density at radius 1 is 1.11 bits per heavy atom. The minimum absolute atomic E-state index is 0.177. The molecule has 0 spiro atoms. The van der Waals surface area contributed by atoms with Crippen LogP contribution in [0.1, 0.15) is 65.9 Å². The van der Waals surface area contributed by atoms with Crippen molar-refractivity contribution in [3.8, 4) is 5.75 Å². The maximum atomic E-state index is 14.9. The Morgan fingerprint density at radius 2 is 1.89 bits per heavy atom. The van der Waals surface area contributed by atoms with Crippen molar-refractivity contribution in [1.29, 1.82) is 0 Å². The molecule has 1 unspecified atom stereocenters. The van der Waals surface area contributed by atoms with Gasteiger partial charge in [0, 0.05) is 30.1 Å². The lowest BCUT2D eigenvalue weighted by Gasteiger charge is -2.33. The van der Waals surface area contributed by atoms with Gasteiger partial charge in [0.25, 0.3) is 5.91 Å². The molecule has 1 amide bonds. The van der Waals surface area contributed by atoms with Crippen molar-refractivity contribution >= 4 is 27.5 Å². The lowest BCUT2D eigenvalue weighted by atomic mass is 9.98. The van der Waals surface area contributed by atoms with E-state index in [1.54, 1.807) is 6.07 Å². The van der Waals surface area contributed by atoms with Gasteiger partial charge in [-0.2, -0.15) is 0 Å². The zero-order chi connectivity index (χ0) is 25.4. The highest BCUT2D eigenvalue weighted by atomic mass is 35.5. The second kappa shape index (κ2) is 10.3. The number of benzene rings is 2. The number of sulfonamides is 1. The van der Waals surface area contributed by atoms with E-state index in [2.05, 4.69) is 4.90 Å². The van der Waals surface area contributed by atoms with Crippen molar-refractivity contribution in [3.05, 3.63) is 63.7 Å². The average Bonchev–Trinajstić information content (AvgIpc) is 3.72. The molecule has 2 aromatic rings. The zero-order valence-electron chi connectivity index (χ0n) is 19.8. The van der Waals surface area contributed by atoms with Crippen LogP contribution >= 0.6 is 11.6 Å². The third-order valence-corrected chi connectivity index (χ3v) is 9.22. The normalized spacial score (nSPS) is 20.8. The number of piperidine rings is 1. The highest BCUT2D eigenvalue weighted by molar-refractivity contribution is 7.91. The second-order valence-electron chi connectivity index (χ2n) is 10.1. The van der Waals surface area contributed by atoms with Crippen molar-refractivity contribution in [2.24, 2.45) is 5.92 Å². The summed E-state index contributed by atoms with van der Waals surface area (Å²) in [5, 5.41) is -0.156. The highest BCUT2D eigenvalue weighted by Gasteiger charge is 2.38. The van der Waals surface area contributed by atoms with E-state index in [1.807, 2.05) is 4.72 Å². The summed E-state index contributed by atoms with van der Waals surface area (Å²) < 4.78 is 60.6. The summed E-state index contributed by atoms with van der Waals surface area (Å²) in [5.41, 5.74) is 1.35. The van der Waals surface area contributed by atoms with Gasteiger partial charge in [0.2, 0.25) is 10.0 Å². The fourth-order valence-corrected chi connectivity index (χ4v) is 6.28. The van der Waals surface area contributed by atoms with E-state index in [0.29, 0.717) is 36.8 Å². The minimum Gasteiger partial charge on any atom is -0.493 e. The number of halogens is 3. The molecule has 3 fully saturated rings. The number of ether oxygens (including phenoxy) is 1. The molecule has 1 atom stereocenters. The fourth-order valence-electron chi connectivity index (χ4n) is 4.76. The Labute approximate surface area is 215 Å². The zero-order valence-corrected chi connectivity index (χ0v) is 21.4. The van der Waals surface area contributed by atoms with Crippen molar-refractivity contribution in [2.75, 3.05) is 19.7 Å². The van der Waals surface area contributed by atoms with E-state index in [4.69, 9.17) is 16.3 Å². The first kappa shape index (κ1) is 25.4. The smallest absolute Gasteiger partial charge is 0.267 e.